The number of nitrogens with one attached hydrogen (secondary N) is 1. The number of piperidine rings is 1. The molecule has 158 valence electrons. The number of hydrogen-bond acceptors (Lipinski definition) is 3. The van der Waals surface area contributed by atoms with Gasteiger partial charge in [0.1, 0.15) is 5.82 Å². The molecule has 0 bridgehead atoms. The van der Waals surface area contributed by atoms with E-state index in [4.69, 9.17) is 5.73 Å². The van der Waals surface area contributed by atoms with E-state index < -0.39 is 15.9 Å². The summed E-state index contributed by atoms with van der Waals surface area (Å²) in [5, 5.41) is 0.821. The number of nitrogens with two attached hydrogens (primary N) is 1. The number of primary amides is 1. The number of fused-ring (bicyclic) bond motifs is 1. The van der Waals surface area contributed by atoms with Crippen LogP contribution < -0.4 is 5.73 Å². The molecule has 4 rings (SSSR count). The molecular weight excluding hydrogens is 405 g/mol. The number of amides is 1. The first-order chi connectivity index (χ1) is 14.3. The van der Waals surface area contributed by atoms with Gasteiger partial charge in [-0.15, -0.1) is 0 Å². The molecule has 0 atom stereocenters. The number of carbonyl (C=O) groups excluding carboxylic acids is 1. The Hall–Kier alpha value is -2.71. The van der Waals surface area contributed by atoms with Crippen molar-refractivity contribution >= 4 is 26.8 Å². The Bertz CT molecular complexity index is 1210. The predicted molar refractivity (Wildman–Crippen MR) is 115 cm³/mol. The van der Waals surface area contributed by atoms with E-state index in [0.29, 0.717) is 48.1 Å². The van der Waals surface area contributed by atoms with Gasteiger partial charge in [-0.25, -0.2) is 17.1 Å². The molecule has 8 heteroatoms. The molecule has 0 unspecified atom stereocenters. The average molecular weight is 430 g/mol. The Labute approximate surface area is 174 Å². The molecule has 2 heterocycles. The molecule has 1 aromatic heterocycles. The van der Waals surface area contributed by atoms with Gasteiger partial charge < -0.3 is 10.7 Å². The van der Waals surface area contributed by atoms with Crippen LogP contribution in [0.2, 0.25) is 0 Å². The van der Waals surface area contributed by atoms with Crippen LogP contribution in [-0.4, -0.2) is 42.5 Å². The van der Waals surface area contributed by atoms with Crippen molar-refractivity contribution in [3.63, 3.8) is 0 Å². The molecule has 2 aromatic carbocycles. The number of aromatic amines is 1. The van der Waals surface area contributed by atoms with Crippen LogP contribution in [0.3, 0.4) is 0 Å². The number of H-pyrrole nitrogens is 1. The molecule has 3 aromatic rings. The van der Waals surface area contributed by atoms with Crippen molar-refractivity contribution < 1.29 is 17.6 Å². The third kappa shape index (κ3) is 3.61. The third-order valence-electron chi connectivity index (χ3n) is 5.92. The minimum atomic E-state index is -3.20. The highest BCUT2D eigenvalue weighted by molar-refractivity contribution is 7.89. The second-order valence-electron chi connectivity index (χ2n) is 7.61. The maximum Gasteiger partial charge on any atom is 0.250 e. The summed E-state index contributed by atoms with van der Waals surface area (Å²) in [6.45, 7) is 2.57. The monoisotopic (exact) mass is 429 g/mol. The van der Waals surface area contributed by atoms with Gasteiger partial charge in [-0.2, -0.15) is 0 Å². The summed E-state index contributed by atoms with van der Waals surface area (Å²) in [5.41, 5.74) is 8.53. The summed E-state index contributed by atoms with van der Waals surface area (Å²) in [5.74, 6) is -0.727. The van der Waals surface area contributed by atoms with Gasteiger partial charge in [-0.1, -0.05) is 18.2 Å². The largest absolute Gasteiger partial charge is 0.366 e. The summed E-state index contributed by atoms with van der Waals surface area (Å²) < 4.78 is 40.2. The fourth-order valence-corrected chi connectivity index (χ4v) is 5.40. The predicted octanol–water partition coefficient (Wildman–Crippen LogP) is 3.60. The number of benzene rings is 2. The minimum Gasteiger partial charge on any atom is -0.366 e. The molecule has 1 saturated heterocycles. The quantitative estimate of drug-likeness (QED) is 0.649. The van der Waals surface area contributed by atoms with Crippen LogP contribution in [-0.2, 0) is 10.0 Å². The molecule has 0 saturated carbocycles. The Kier molecular flexibility index (Phi) is 5.38. The van der Waals surface area contributed by atoms with E-state index in [1.54, 1.807) is 31.2 Å². The van der Waals surface area contributed by atoms with E-state index in [9.17, 15) is 17.6 Å². The van der Waals surface area contributed by atoms with Crippen LogP contribution in [0.4, 0.5) is 4.39 Å². The number of aromatic nitrogens is 1. The Morgan fingerprint density at radius 1 is 1.23 bits per heavy atom. The highest BCUT2D eigenvalue weighted by Gasteiger charge is 2.29. The second-order valence-corrected chi connectivity index (χ2v) is 9.87. The first-order valence-corrected chi connectivity index (χ1v) is 11.6. The average Bonchev–Trinajstić information content (AvgIpc) is 3.17. The van der Waals surface area contributed by atoms with E-state index in [1.165, 1.54) is 10.4 Å². The topological polar surface area (TPSA) is 96.3 Å². The zero-order valence-electron chi connectivity index (χ0n) is 16.7. The zero-order valence-corrected chi connectivity index (χ0v) is 17.5. The van der Waals surface area contributed by atoms with Crippen molar-refractivity contribution in [3.8, 4) is 11.1 Å². The number of carbonyl (C=O) groups is 1. The third-order valence-corrected chi connectivity index (χ3v) is 7.81. The maximum atomic E-state index is 14.4. The zero-order chi connectivity index (χ0) is 21.5. The van der Waals surface area contributed by atoms with Crippen molar-refractivity contribution in [1.29, 1.82) is 0 Å². The van der Waals surface area contributed by atoms with Gasteiger partial charge in [0.15, 0.2) is 0 Å². The number of halogens is 1. The van der Waals surface area contributed by atoms with Gasteiger partial charge in [-0.05, 0) is 55.0 Å². The highest BCUT2D eigenvalue weighted by Crippen LogP contribution is 2.37. The maximum absolute atomic E-state index is 14.4. The molecule has 6 nitrogen and oxygen atoms in total. The summed E-state index contributed by atoms with van der Waals surface area (Å²) in [7, 11) is -3.20. The van der Waals surface area contributed by atoms with Crippen LogP contribution >= 0.6 is 0 Å². The van der Waals surface area contributed by atoms with Gasteiger partial charge in [0, 0.05) is 30.2 Å². The number of nitrogens with zero attached hydrogens (tertiary/aromatic N) is 1. The normalized spacial score (nSPS) is 16.2. The van der Waals surface area contributed by atoms with Gasteiger partial charge in [0.2, 0.25) is 10.0 Å². The number of sulfonamides is 1. The molecule has 1 aliphatic heterocycles. The molecule has 0 aliphatic carbocycles. The Balaban J connectivity index is 1.76. The summed E-state index contributed by atoms with van der Waals surface area (Å²) in [6, 6.07) is 9.90. The standard InChI is InChI=1S/C22H24FN3O3S/c1-2-30(28,29)26-9-7-14(8-10-26)19-13-25-21-17(19)11-15(12-18(21)22(24)27)16-5-3-4-6-20(16)23/h3-6,11-14,25H,2,7-10H2,1H3,(H2,24,27). The lowest BCUT2D eigenvalue weighted by Gasteiger charge is -2.31. The molecule has 1 amide bonds. The second kappa shape index (κ2) is 7.85. The Morgan fingerprint density at radius 3 is 2.57 bits per heavy atom. The first-order valence-electron chi connectivity index (χ1n) is 9.99. The van der Waals surface area contributed by atoms with Crippen molar-refractivity contribution in [3.05, 3.63) is 59.5 Å². The van der Waals surface area contributed by atoms with Crippen molar-refractivity contribution in [2.75, 3.05) is 18.8 Å². The smallest absolute Gasteiger partial charge is 0.250 e. The molecule has 30 heavy (non-hydrogen) atoms. The first kappa shape index (κ1) is 20.6. The lowest BCUT2D eigenvalue weighted by Crippen LogP contribution is -2.38. The molecule has 1 aliphatic rings. The van der Waals surface area contributed by atoms with Crippen LogP contribution in [0.15, 0.2) is 42.6 Å². The van der Waals surface area contributed by atoms with E-state index in [1.807, 2.05) is 12.3 Å². The van der Waals surface area contributed by atoms with E-state index in [-0.39, 0.29) is 17.5 Å². The van der Waals surface area contributed by atoms with Gasteiger partial charge in [0.05, 0.1) is 16.8 Å². The molecular formula is C22H24FN3O3S. The summed E-state index contributed by atoms with van der Waals surface area (Å²) >= 11 is 0. The van der Waals surface area contributed by atoms with Crippen molar-refractivity contribution in [2.24, 2.45) is 5.73 Å². The minimum absolute atomic E-state index is 0.0960. The molecule has 0 spiro atoms. The lowest BCUT2D eigenvalue weighted by molar-refractivity contribution is 0.100. The van der Waals surface area contributed by atoms with E-state index in [2.05, 4.69) is 4.98 Å². The molecule has 3 N–H and O–H groups in total. The summed E-state index contributed by atoms with van der Waals surface area (Å²) in [4.78, 5) is 15.2. The lowest BCUT2D eigenvalue weighted by atomic mass is 9.88. The van der Waals surface area contributed by atoms with Crippen LogP contribution in [0.1, 0.15) is 41.6 Å². The molecule has 0 radical (unpaired) electrons. The summed E-state index contributed by atoms with van der Waals surface area (Å²) in [6.07, 6.45) is 3.22. The van der Waals surface area contributed by atoms with E-state index >= 15 is 0 Å². The van der Waals surface area contributed by atoms with Gasteiger partial charge in [0.25, 0.3) is 5.91 Å². The van der Waals surface area contributed by atoms with E-state index in [0.717, 1.165) is 10.9 Å². The van der Waals surface area contributed by atoms with Gasteiger partial charge in [-0.3, -0.25) is 4.79 Å². The fourth-order valence-electron chi connectivity index (χ4n) is 4.26. The van der Waals surface area contributed by atoms with Crippen LogP contribution in [0.5, 0.6) is 0 Å². The van der Waals surface area contributed by atoms with Crippen molar-refractivity contribution in [1.82, 2.24) is 9.29 Å². The van der Waals surface area contributed by atoms with Crippen LogP contribution in [0, 0.1) is 5.82 Å². The van der Waals surface area contributed by atoms with Crippen molar-refractivity contribution in [2.45, 2.75) is 25.7 Å². The highest BCUT2D eigenvalue weighted by atomic mass is 32.2. The van der Waals surface area contributed by atoms with Crippen LogP contribution in [0.25, 0.3) is 22.0 Å². The molecule has 1 fully saturated rings. The van der Waals surface area contributed by atoms with Gasteiger partial charge >= 0.3 is 0 Å². The number of rotatable bonds is 5. The number of hydrogen-bond donors (Lipinski definition) is 2. The Morgan fingerprint density at radius 2 is 1.93 bits per heavy atom. The SMILES string of the molecule is CCS(=O)(=O)N1CCC(c2c[nH]c3c(C(N)=O)cc(-c4ccccc4F)cc23)CC1. The fraction of sp³-hybridized carbons (Fsp3) is 0.318.